The summed E-state index contributed by atoms with van der Waals surface area (Å²) in [5.41, 5.74) is 8.15. The monoisotopic (exact) mass is 395 g/mol. The first kappa shape index (κ1) is 18.9. The van der Waals surface area contributed by atoms with E-state index in [0.29, 0.717) is 23.3 Å². The Morgan fingerprint density at radius 3 is 2.03 bits per heavy atom. The van der Waals surface area contributed by atoms with Crippen molar-refractivity contribution in [2.45, 2.75) is 0 Å². The molecule has 1 fully saturated rings. The van der Waals surface area contributed by atoms with Crippen LogP contribution in [0.3, 0.4) is 0 Å². The number of methoxy groups -OCH3 is 3. The Morgan fingerprint density at radius 1 is 0.793 bits per heavy atom. The highest BCUT2D eigenvalue weighted by atomic mass is 16.5. The molecular weight excluding hydrogens is 370 g/mol. The van der Waals surface area contributed by atoms with Crippen LogP contribution in [0.4, 0.5) is 17.5 Å². The van der Waals surface area contributed by atoms with Gasteiger partial charge in [-0.05, 0) is 30.3 Å². The van der Waals surface area contributed by atoms with Gasteiger partial charge >= 0.3 is 0 Å². The lowest BCUT2D eigenvalue weighted by atomic mass is 10.2. The molecule has 0 bridgehead atoms. The average molecular weight is 395 g/mol. The molecule has 8 nitrogen and oxygen atoms in total. The van der Waals surface area contributed by atoms with Crippen molar-refractivity contribution < 1.29 is 14.2 Å². The third-order valence-corrected chi connectivity index (χ3v) is 5.22. The van der Waals surface area contributed by atoms with Gasteiger partial charge in [0.15, 0.2) is 11.5 Å². The van der Waals surface area contributed by atoms with Crippen LogP contribution >= 0.6 is 0 Å². The fraction of sp³-hybridized carbons (Fsp3) is 0.333. The quantitative estimate of drug-likeness (QED) is 0.705. The lowest BCUT2D eigenvalue weighted by molar-refractivity contribution is 0.356. The van der Waals surface area contributed by atoms with E-state index < -0.39 is 0 Å². The molecule has 2 aromatic carbocycles. The molecule has 1 saturated heterocycles. The van der Waals surface area contributed by atoms with E-state index in [2.05, 4.69) is 26.9 Å². The number of hydrogen-bond donors (Lipinski definition) is 1. The number of nitrogens with two attached hydrogens (primary N) is 1. The van der Waals surface area contributed by atoms with Gasteiger partial charge in [-0.2, -0.15) is 4.98 Å². The van der Waals surface area contributed by atoms with Gasteiger partial charge in [-0.1, -0.05) is 0 Å². The van der Waals surface area contributed by atoms with Crippen molar-refractivity contribution in [1.29, 1.82) is 0 Å². The van der Waals surface area contributed by atoms with Crippen molar-refractivity contribution in [2.24, 2.45) is 0 Å². The minimum atomic E-state index is 0.434. The highest BCUT2D eigenvalue weighted by Gasteiger charge is 2.21. The van der Waals surface area contributed by atoms with E-state index in [-0.39, 0.29) is 0 Å². The van der Waals surface area contributed by atoms with Gasteiger partial charge in [-0.25, -0.2) is 4.98 Å². The Kier molecular flexibility index (Phi) is 5.16. The van der Waals surface area contributed by atoms with Crippen molar-refractivity contribution in [1.82, 2.24) is 9.97 Å². The summed E-state index contributed by atoms with van der Waals surface area (Å²) in [6.07, 6.45) is 0. The molecule has 0 aliphatic carbocycles. The molecule has 0 radical (unpaired) electrons. The van der Waals surface area contributed by atoms with Crippen molar-refractivity contribution >= 4 is 28.4 Å². The summed E-state index contributed by atoms with van der Waals surface area (Å²) in [6.45, 7) is 3.37. The van der Waals surface area contributed by atoms with Gasteiger partial charge in [0.25, 0.3) is 0 Å². The van der Waals surface area contributed by atoms with Crippen LogP contribution in [0, 0.1) is 0 Å². The molecule has 2 N–H and O–H groups in total. The van der Waals surface area contributed by atoms with E-state index in [9.17, 15) is 0 Å². The van der Waals surface area contributed by atoms with Crippen LogP contribution in [0.25, 0.3) is 10.9 Å². The molecule has 29 heavy (non-hydrogen) atoms. The summed E-state index contributed by atoms with van der Waals surface area (Å²) in [7, 11) is 4.87. The Hall–Kier alpha value is -3.42. The zero-order valence-corrected chi connectivity index (χ0v) is 16.9. The van der Waals surface area contributed by atoms with Crippen LogP contribution in [0.15, 0.2) is 36.4 Å². The summed E-state index contributed by atoms with van der Waals surface area (Å²) < 4.78 is 16.0. The molecular formula is C21H25N5O3. The van der Waals surface area contributed by atoms with Crippen LogP contribution < -0.4 is 29.7 Å². The summed E-state index contributed by atoms with van der Waals surface area (Å²) in [6, 6.07) is 11.8. The number of ether oxygens (including phenoxy) is 3. The largest absolute Gasteiger partial charge is 0.497 e. The lowest BCUT2D eigenvalue weighted by Crippen LogP contribution is -2.47. The molecule has 3 aromatic rings. The normalized spacial score (nSPS) is 14.2. The Bertz CT molecular complexity index is 1000. The highest BCUT2D eigenvalue weighted by molar-refractivity contribution is 5.91. The fourth-order valence-electron chi connectivity index (χ4n) is 3.57. The molecule has 0 atom stereocenters. The van der Waals surface area contributed by atoms with E-state index in [0.717, 1.165) is 42.8 Å². The average Bonchev–Trinajstić information content (AvgIpc) is 2.78. The van der Waals surface area contributed by atoms with Crippen molar-refractivity contribution in [3.05, 3.63) is 36.4 Å². The minimum absolute atomic E-state index is 0.434. The number of aromatic nitrogens is 2. The maximum Gasteiger partial charge on any atom is 0.228 e. The summed E-state index contributed by atoms with van der Waals surface area (Å²) >= 11 is 0. The summed E-state index contributed by atoms with van der Waals surface area (Å²) in [4.78, 5) is 13.8. The number of nitrogens with zero attached hydrogens (tertiary/aromatic N) is 4. The lowest BCUT2D eigenvalue weighted by Gasteiger charge is -2.36. The zero-order valence-electron chi connectivity index (χ0n) is 16.9. The van der Waals surface area contributed by atoms with Gasteiger partial charge < -0.3 is 29.7 Å². The molecule has 0 amide bonds. The van der Waals surface area contributed by atoms with Crippen molar-refractivity contribution in [2.75, 3.05) is 63.0 Å². The Labute approximate surface area is 169 Å². The van der Waals surface area contributed by atoms with Gasteiger partial charge in [0.1, 0.15) is 11.6 Å². The first-order valence-corrected chi connectivity index (χ1v) is 9.46. The number of hydrogen-bond acceptors (Lipinski definition) is 8. The zero-order chi connectivity index (χ0) is 20.4. The van der Waals surface area contributed by atoms with Crippen LogP contribution in [0.2, 0.25) is 0 Å². The second-order valence-corrected chi connectivity index (χ2v) is 6.81. The third-order valence-electron chi connectivity index (χ3n) is 5.22. The third kappa shape index (κ3) is 3.65. The fourth-order valence-corrected chi connectivity index (χ4v) is 3.57. The SMILES string of the molecule is COc1ccc(N2CCN(c3nc(N)c4cc(OC)c(OC)cc4n3)CC2)cc1. The van der Waals surface area contributed by atoms with Gasteiger partial charge in [-0.15, -0.1) is 0 Å². The predicted octanol–water partition coefficient (Wildman–Crippen LogP) is 2.56. The Morgan fingerprint density at radius 2 is 1.41 bits per heavy atom. The molecule has 0 saturated carbocycles. The highest BCUT2D eigenvalue weighted by Crippen LogP contribution is 2.34. The topological polar surface area (TPSA) is 86.0 Å². The van der Waals surface area contributed by atoms with E-state index >= 15 is 0 Å². The maximum absolute atomic E-state index is 6.23. The molecule has 1 aromatic heterocycles. The second-order valence-electron chi connectivity index (χ2n) is 6.81. The number of piperazine rings is 1. The number of anilines is 3. The standard InChI is InChI=1S/C21H25N5O3/c1-27-15-6-4-14(5-7-15)25-8-10-26(11-9-25)21-23-17-13-19(29-3)18(28-2)12-16(17)20(22)24-21/h4-7,12-13H,8-11H2,1-3H3,(H2,22,23,24). The number of nitrogen functional groups attached to an aromatic ring is 1. The minimum Gasteiger partial charge on any atom is -0.497 e. The van der Waals surface area contributed by atoms with Gasteiger partial charge in [-0.3, -0.25) is 0 Å². The summed E-state index contributed by atoms with van der Waals surface area (Å²) in [5, 5.41) is 0.753. The molecule has 152 valence electrons. The van der Waals surface area contributed by atoms with Crippen molar-refractivity contribution in [3.8, 4) is 17.2 Å². The van der Waals surface area contributed by atoms with Gasteiger partial charge in [0.2, 0.25) is 5.95 Å². The smallest absolute Gasteiger partial charge is 0.228 e. The Balaban J connectivity index is 1.54. The molecule has 2 heterocycles. The molecule has 1 aliphatic rings. The number of benzene rings is 2. The number of fused-ring (bicyclic) bond motifs is 1. The first-order valence-electron chi connectivity index (χ1n) is 9.46. The van der Waals surface area contributed by atoms with E-state index in [1.165, 1.54) is 5.69 Å². The molecule has 1 aliphatic heterocycles. The van der Waals surface area contributed by atoms with Crippen LogP contribution in [0.1, 0.15) is 0 Å². The molecule has 0 spiro atoms. The second kappa shape index (κ2) is 7.90. The van der Waals surface area contributed by atoms with E-state index in [1.807, 2.05) is 24.3 Å². The maximum atomic E-state index is 6.23. The molecule has 4 rings (SSSR count). The molecule has 8 heteroatoms. The van der Waals surface area contributed by atoms with Crippen molar-refractivity contribution in [3.63, 3.8) is 0 Å². The van der Waals surface area contributed by atoms with Crippen LogP contribution in [-0.4, -0.2) is 57.5 Å². The predicted molar refractivity (Wildman–Crippen MR) is 114 cm³/mol. The van der Waals surface area contributed by atoms with Crippen LogP contribution in [0.5, 0.6) is 17.2 Å². The van der Waals surface area contributed by atoms with E-state index in [4.69, 9.17) is 24.9 Å². The first-order chi connectivity index (χ1) is 14.1. The van der Waals surface area contributed by atoms with E-state index in [1.54, 1.807) is 21.3 Å². The summed E-state index contributed by atoms with van der Waals surface area (Å²) in [5.74, 6) is 3.16. The van der Waals surface area contributed by atoms with Crippen LogP contribution in [-0.2, 0) is 0 Å². The molecule has 0 unspecified atom stereocenters. The number of rotatable bonds is 5. The van der Waals surface area contributed by atoms with Gasteiger partial charge in [0.05, 0.1) is 26.8 Å². The van der Waals surface area contributed by atoms with Gasteiger partial charge in [0, 0.05) is 43.3 Å².